The van der Waals surface area contributed by atoms with Crippen LogP contribution in [0.2, 0.25) is 18.6 Å². The molecule has 130 valence electrons. The molecule has 0 amide bonds. The first-order chi connectivity index (χ1) is 10.4. The molecule has 0 aliphatic carbocycles. The third-order valence-electron chi connectivity index (χ3n) is 3.34. The second-order valence-corrected chi connectivity index (χ2v) is 12.1. The summed E-state index contributed by atoms with van der Waals surface area (Å²) in [6.45, 7) is 2.03. The summed E-state index contributed by atoms with van der Waals surface area (Å²) >= 11 is 0. The second-order valence-electron chi connectivity index (χ2n) is 4.67. The molecule has 0 aromatic rings. The van der Waals surface area contributed by atoms with Gasteiger partial charge in [-0.05, 0) is 13.0 Å². The van der Waals surface area contributed by atoms with Gasteiger partial charge in [0.15, 0.2) is 0 Å². The summed E-state index contributed by atoms with van der Waals surface area (Å²) in [6, 6.07) is 0.974. The van der Waals surface area contributed by atoms with Crippen LogP contribution in [0.1, 0.15) is 12.8 Å². The Morgan fingerprint density at radius 1 is 1.00 bits per heavy atom. The highest BCUT2D eigenvalue weighted by Crippen LogP contribution is 2.16. The van der Waals surface area contributed by atoms with E-state index < -0.39 is 27.0 Å². The molecule has 0 bridgehead atoms. The van der Waals surface area contributed by atoms with E-state index in [0.717, 1.165) is 0 Å². The zero-order valence-electron chi connectivity index (χ0n) is 13.9. The summed E-state index contributed by atoms with van der Waals surface area (Å²) in [5.41, 5.74) is 0. The summed E-state index contributed by atoms with van der Waals surface area (Å²) in [7, 11) is -0.341. The Hall–Kier alpha value is -0.439. The fraction of sp³-hybridized carbons (Fsp3) is 0.909. The molecule has 0 fully saturated rings. The summed E-state index contributed by atoms with van der Waals surface area (Å²) in [6.07, 6.45) is 0.769. The van der Waals surface area contributed by atoms with Gasteiger partial charge in [-0.25, -0.2) is 0 Å². The van der Waals surface area contributed by atoms with E-state index >= 15 is 0 Å². The van der Waals surface area contributed by atoms with Gasteiger partial charge in [0.2, 0.25) is 0 Å². The van der Waals surface area contributed by atoms with Gasteiger partial charge in [0.25, 0.3) is 0 Å². The second kappa shape index (κ2) is 11.2. The molecule has 8 nitrogen and oxygen atoms in total. The molecule has 0 aromatic carbocycles. The topological polar surface area (TPSA) is 89.5 Å². The van der Waals surface area contributed by atoms with Crippen LogP contribution in [-0.4, -0.2) is 68.0 Å². The van der Waals surface area contributed by atoms with Crippen molar-refractivity contribution in [3.8, 4) is 0 Å². The van der Waals surface area contributed by atoms with Crippen LogP contribution < -0.4 is 0 Å². The zero-order chi connectivity index (χ0) is 17.1. The summed E-state index contributed by atoms with van der Waals surface area (Å²) in [5.74, 6) is -0.334. The van der Waals surface area contributed by atoms with E-state index in [-0.39, 0.29) is 19.0 Å². The van der Waals surface area contributed by atoms with Crippen LogP contribution in [0, 0.1) is 0 Å². The molecule has 0 spiro atoms. The van der Waals surface area contributed by atoms with E-state index in [0.29, 0.717) is 18.5 Å². The lowest BCUT2D eigenvalue weighted by Gasteiger charge is -2.24. The van der Waals surface area contributed by atoms with Crippen molar-refractivity contribution in [3.63, 3.8) is 0 Å². The summed E-state index contributed by atoms with van der Waals surface area (Å²) < 4.78 is 41.9. The maximum atomic E-state index is 11.7. The number of ether oxygens (including phenoxy) is 1. The molecule has 0 radical (unpaired) electrons. The summed E-state index contributed by atoms with van der Waals surface area (Å²) in [4.78, 5) is 11.7. The number of carbonyl (C=O) groups excluding carboxylic acids is 1. The SMILES string of the molecule is CO[Si](C)(CCC(=O)OCCC[Si](OC)(OC)OC)O[SiH]=O. The van der Waals surface area contributed by atoms with Crippen LogP contribution in [0.4, 0.5) is 0 Å². The molecule has 0 rings (SSSR count). The standard InChI is InChI=1S/C11H26O8Si3/c1-14-21(5,19-20-13)10-7-11(12)18-8-6-9-22(15-2,16-3)17-4/h20H,6-10H2,1-5H3. The van der Waals surface area contributed by atoms with Crippen molar-refractivity contribution in [2.45, 2.75) is 31.5 Å². The van der Waals surface area contributed by atoms with Crippen LogP contribution in [0.5, 0.6) is 0 Å². The van der Waals surface area contributed by atoms with Gasteiger partial charge < -0.3 is 31.0 Å². The van der Waals surface area contributed by atoms with Crippen molar-refractivity contribution in [2.24, 2.45) is 0 Å². The Balaban J connectivity index is 4.03. The van der Waals surface area contributed by atoms with Crippen LogP contribution in [-0.2, 0) is 35.8 Å². The molecular formula is C11H26O8Si3. The molecule has 0 saturated heterocycles. The van der Waals surface area contributed by atoms with Crippen LogP contribution >= 0.6 is 0 Å². The van der Waals surface area contributed by atoms with Gasteiger partial charge in [-0.3, -0.25) is 4.79 Å². The zero-order valence-corrected chi connectivity index (χ0v) is 17.0. The van der Waals surface area contributed by atoms with Gasteiger partial charge in [-0.1, -0.05) is 0 Å². The fourth-order valence-corrected chi connectivity index (χ4v) is 5.97. The maximum Gasteiger partial charge on any atom is 0.500 e. The number of rotatable bonds is 13. The molecule has 0 N–H and O–H groups in total. The van der Waals surface area contributed by atoms with E-state index in [4.69, 9.17) is 26.6 Å². The van der Waals surface area contributed by atoms with Crippen molar-refractivity contribution in [2.75, 3.05) is 35.0 Å². The minimum atomic E-state index is -2.61. The Labute approximate surface area is 136 Å². The van der Waals surface area contributed by atoms with Crippen molar-refractivity contribution < 1.29 is 35.8 Å². The van der Waals surface area contributed by atoms with Crippen molar-refractivity contribution >= 4 is 33.0 Å². The molecular weight excluding hydrogens is 344 g/mol. The van der Waals surface area contributed by atoms with Gasteiger partial charge in [-0.15, -0.1) is 0 Å². The van der Waals surface area contributed by atoms with Crippen LogP contribution in [0.25, 0.3) is 0 Å². The molecule has 0 heterocycles. The highest BCUT2D eigenvalue weighted by Gasteiger charge is 2.37. The van der Waals surface area contributed by atoms with Gasteiger partial charge in [0, 0.05) is 46.9 Å². The highest BCUT2D eigenvalue weighted by atomic mass is 28.4. The summed E-state index contributed by atoms with van der Waals surface area (Å²) in [5, 5.41) is 0. The number of hydrogen-bond acceptors (Lipinski definition) is 8. The molecule has 0 aromatic heterocycles. The van der Waals surface area contributed by atoms with E-state index in [1.54, 1.807) is 27.9 Å². The Morgan fingerprint density at radius 3 is 2.05 bits per heavy atom. The normalized spacial score (nSPS) is 14.2. The monoisotopic (exact) mass is 370 g/mol. The minimum Gasteiger partial charge on any atom is -0.561 e. The Bertz CT molecular complexity index is 331. The van der Waals surface area contributed by atoms with Crippen LogP contribution in [0.3, 0.4) is 0 Å². The largest absolute Gasteiger partial charge is 0.561 e. The highest BCUT2D eigenvalue weighted by molar-refractivity contribution is 6.69. The third kappa shape index (κ3) is 7.71. The lowest BCUT2D eigenvalue weighted by molar-refractivity contribution is -0.143. The molecule has 1 atom stereocenters. The third-order valence-corrected chi connectivity index (χ3v) is 10.6. The maximum absolute atomic E-state index is 11.7. The average molecular weight is 371 g/mol. The predicted octanol–water partition coefficient (Wildman–Crippen LogP) is 0.620. The van der Waals surface area contributed by atoms with E-state index in [9.17, 15) is 9.26 Å². The average Bonchev–Trinajstić information content (AvgIpc) is 2.54. The quantitative estimate of drug-likeness (QED) is 0.265. The van der Waals surface area contributed by atoms with E-state index in [2.05, 4.69) is 0 Å². The molecule has 1 unspecified atom stereocenters. The Morgan fingerprint density at radius 2 is 1.59 bits per heavy atom. The number of carbonyl (C=O) groups is 1. The van der Waals surface area contributed by atoms with Crippen LogP contribution in [0.15, 0.2) is 0 Å². The molecule has 22 heavy (non-hydrogen) atoms. The molecule has 0 saturated carbocycles. The molecule has 0 aliphatic rings. The fourth-order valence-electron chi connectivity index (χ4n) is 1.74. The first kappa shape index (κ1) is 21.6. The van der Waals surface area contributed by atoms with E-state index in [1.807, 2.05) is 0 Å². The van der Waals surface area contributed by atoms with Gasteiger partial charge in [0.1, 0.15) is 0 Å². The molecule has 0 aliphatic heterocycles. The van der Waals surface area contributed by atoms with Gasteiger partial charge in [-0.2, -0.15) is 0 Å². The smallest absolute Gasteiger partial charge is 0.500 e. The first-order valence-corrected chi connectivity index (χ1v) is 12.3. The van der Waals surface area contributed by atoms with Gasteiger partial charge >= 0.3 is 33.0 Å². The number of esters is 1. The first-order valence-electron chi connectivity index (χ1n) is 6.88. The lowest BCUT2D eigenvalue weighted by Crippen LogP contribution is -2.42. The predicted molar refractivity (Wildman–Crippen MR) is 84.1 cm³/mol. The Kier molecular flexibility index (Phi) is 10.9. The van der Waals surface area contributed by atoms with Crippen molar-refractivity contribution in [1.29, 1.82) is 0 Å². The van der Waals surface area contributed by atoms with Crippen molar-refractivity contribution in [1.82, 2.24) is 0 Å². The van der Waals surface area contributed by atoms with Crippen molar-refractivity contribution in [3.05, 3.63) is 0 Å². The lowest BCUT2D eigenvalue weighted by atomic mass is 10.5. The van der Waals surface area contributed by atoms with Gasteiger partial charge in [0.05, 0.1) is 6.61 Å². The molecule has 11 heteroatoms. The minimum absolute atomic E-state index is 0.178. The number of hydrogen-bond donors (Lipinski definition) is 0. The van der Waals surface area contributed by atoms with E-state index in [1.165, 1.54) is 7.11 Å².